The fourth-order valence-electron chi connectivity index (χ4n) is 5.33. The summed E-state index contributed by atoms with van der Waals surface area (Å²) in [5.74, 6) is 3.06. The molecule has 0 spiro atoms. The molecule has 0 N–H and O–H groups in total. The van der Waals surface area contributed by atoms with Crippen molar-refractivity contribution in [2.24, 2.45) is 0 Å². The molecule has 7 nitrogen and oxygen atoms in total. The van der Waals surface area contributed by atoms with Gasteiger partial charge >= 0.3 is 0 Å². The number of hydrogen-bond acceptors (Lipinski definition) is 6. The van der Waals surface area contributed by atoms with Crippen LogP contribution in [0.1, 0.15) is 28.2 Å². The van der Waals surface area contributed by atoms with Gasteiger partial charge in [-0.3, -0.25) is 0 Å². The number of aromatic nitrogens is 4. The third kappa shape index (κ3) is 3.39. The molecule has 0 bridgehead atoms. The number of hydrogen-bond donors (Lipinski definition) is 0. The van der Waals surface area contributed by atoms with Crippen LogP contribution < -0.4 is 14.2 Å². The Morgan fingerprint density at radius 2 is 1.74 bits per heavy atom. The highest BCUT2D eigenvalue weighted by Gasteiger charge is 2.35. The molecule has 0 aliphatic carbocycles. The number of nitrogens with zero attached hydrogens (tertiary/aromatic N) is 4. The second-order valence-electron chi connectivity index (χ2n) is 9.39. The Morgan fingerprint density at radius 3 is 2.58 bits per heavy atom. The first-order chi connectivity index (χ1) is 18.6. The molecule has 7 rings (SSSR count). The third-order valence-electron chi connectivity index (χ3n) is 7.11. The zero-order chi connectivity index (χ0) is 25.8. The summed E-state index contributed by atoms with van der Waals surface area (Å²) in [6.45, 7) is 2.06. The highest BCUT2D eigenvalue weighted by atomic mass is 16.5. The molecule has 6 aromatic rings. The van der Waals surface area contributed by atoms with E-state index in [0.29, 0.717) is 28.9 Å². The van der Waals surface area contributed by atoms with Crippen molar-refractivity contribution in [3.05, 3.63) is 107 Å². The number of aryl methyl sites for hydroxylation is 1. The van der Waals surface area contributed by atoms with Crippen LogP contribution in [0.5, 0.6) is 23.1 Å². The van der Waals surface area contributed by atoms with Gasteiger partial charge in [-0.2, -0.15) is 0 Å². The first-order valence-electron chi connectivity index (χ1n) is 12.4. The molecular formula is C31H24N4O3. The van der Waals surface area contributed by atoms with Gasteiger partial charge in [-0.15, -0.1) is 5.10 Å². The molecule has 186 valence electrons. The molecule has 1 aliphatic rings. The molecule has 4 aromatic carbocycles. The van der Waals surface area contributed by atoms with Gasteiger partial charge in [0.05, 0.1) is 19.8 Å². The fourth-order valence-corrected chi connectivity index (χ4v) is 5.33. The maximum Gasteiger partial charge on any atom is 0.228 e. The largest absolute Gasteiger partial charge is 0.493 e. The Balaban J connectivity index is 1.51. The van der Waals surface area contributed by atoms with Crippen LogP contribution in [-0.2, 0) is 0 Å². The van der Waals surface area contributed by atoms with Crippen molar-refractivity contribution < 1.29 is 14.2 Å². The van der Waals surface area contributed by atoms with Gasteiger partial charge in [0.2, 0.25) is 5.88 Å². The number of rotatable bonds is 4. The van der Waals surface area contributed by atoms with E-state index >= 15 is 0 Å². The van der Waals surface area contributed by atoms with Crippen LogP contribution in [-0.4, -0.2) is 33.8 Å². The summed E-state index contributed by atoms with van der Waals surface area (Å²) < 4.78 is 19.5. The second kappa shape index (κ2) is 8.59. The minimum atomic E-state index is -0.219. The minimum absolute atomic E-state index is 0.219. The van der Waals surface area contributed by atoms with Gasteiger partial charge in [0.15, 0.2) is 23.0 Å². The maximum atomic E-state index is 6.54. The van der Waals surface area contributed by atoms with Crippen LogP contribution in [0.2, 0.25) is 0 Å². The van der Waals surface area contributed by atoms with Crippen molar-refractivity contribution in [3.8, 4) is 34.5 Å². The van der Waals surface area contributed by atoms with Crippen molar-refractivity contribution in [1.29, 1.82) is 0 Å². The molecule has 3 heterocycles. The van der Waals surface area contributed by atoms with E-state index < -0.39 is 0 Å². The topological polar surface area (TPSA) is 70.8 Å². The lowest BCUT2D eigenvalue weighted by Gasteiger charge is -2.29. The van der Waals surface area contributed by atoms with Crippen LogP contribution in [0.3, 0.4) is 0 Å². The summed E-state index contributed by atoms with van der Waals surface area (Å²) in [5.41, 5.74) is 5.69. The van der Waals surface area contributed by atoms with E-state index in [1.165, 1.54) is 0 Å². The van der Waals surface area contributed by atoms with E-state index in [1.807, 2.05) is 36.4 Å². The van der Waals surface area contributed by atoms with E-state index in [9.17, 15) is 0 Å². The Morgan fingerprint density at radius 1 is 0.868 bits per heavy atom. The maximum absolute atomic E-state index is 6.54. The normalized spacial score (nSPS) is 14.1. The van der Waals surface area contributed by atoms with Crippen LogP contribution in [0.4, 0.5) is 0 Å². The van der Waals surface area contributed by atoms with Gasteiger partial charge in [0, 0.05) is 22.4 Å². The van der Waals surface area contributed by atoms with Crippen molar-refractivity contribution in [1.82, 2.24) is 19.6 Å². The highest BCUT2D eigenvalue weighted by molar-refractivity contribution is 5.91. The lowest BCUT2D eigenvalue weighted by molar-refractivity contribution is 0.354. The van der Waals surface area contributed by atoms with Crippen LogP contribution >= 0.6 is 0 Å². The lowest BCUT2D eigenvalue weighted by Crippen LogP contribution is -2.15. The van der Waals surface area contributed by atoms with E-state index in [1.54, 1.807) is 25.1 Å². The zero-order valence-corrected chi connectivity index (χ0v) is 21.2. The number of fused-ring (bicyclic) bond motifs is 6. The Labute approximate surface area is 219 Å². The van der Waals surface area contributed by atoms with Crippen molar-refractivity contribution in [2.45, 2.75) is 12.8 Å². The number of ether oxygens (including phenoxy) is 3. The average molecular weight is 501 g/mol. The molecule has 38 heavy (non-hydrogen) atoms. The van der Waals surface area contributed by atoms with Crippen molar-refractivity contribution >= 4 is 16.4 Å². The summed E-state index contributed by atoms with van der Waals surface area (Å²) in [6.07, 6.45) is 1.67. The minimum Gasteiger partial charge on any atom is -0.493 e. The highest BCUT2D eigenvalue weighted by Crippen LogP contribution is 2.51. The molecule has 7 heteroatoms. The third-order valence-corrected chi connectivity index (χ3v) is 7.11. The summed E-state index contributed by atoms with van der Waals surface area (Å²) in [7, 11) is 3.28. The van der Waals surface area contributed by atoms with Gasteiger partial charge in [0.25, 0.3) is 0 Å². The Bertz CT molecular complexity index is 1860. The Hall–Kier alpha value is -4.91. The van der Waals surface area contributed by atoms with Gasteiger partial charge in [0.1, 0.15) is 12.1 Å². The molecule has 0 amide bonds. The second-order valence-corrected chi connectivity index (χ2v) is 9.39. The fraction of sp³-hybridized carbons (Fsp3) is 0.129. The average Bonchev–Trinajstić information content (AvgIpc) is 3.40. The van der Waals surface area contributed by atoms with Crippen molar-refractivity contribution in [2.75, 3.05) is 14.2 Å². The zero-order valence-electron chi connectivity index (χ0n) is 21.2. The molecule has 2 aromatic heterocycles. The SMILES string of the molecule is COc1ccc(C2c3ccc4ccccc4c3Oc3ncn4nc(-c5cccc(C)c5)nc4c32)cc1OC. The van der Waals surface area contributed by atoms with Crippen LogP contribution in [0.25, 0.3) is 27.8 Å². The molecule has 1 aliphatic heterocycles. The molecule has 0 fully saturated rings. The first kappa shape index (κ1) is 22.3. The van der Waals surface area contributed by atoms with E-state index in [4.69, 9.17) is 29.3 Å². The Kier molecular flexibility index (Phi) is 5.04. The molecule has 1 atom stereocenters. The summed E-state index contributed by atoms with van der Waals surface area (Å²) >= 11 is 0. The molecular weight excluding hydrogens is 476 g/mol. The smallest absolute Gasteiger partial charge is 0.228 e. The summed E-state index contributed by atoms with van der Waals surface area (Å²) in [5, 5.41) is 6.91. The summed E-state index contributed by atoms with van der Waals surface area (Å²) in [4.78, 5) is 9.71. The van der Waals surface area contributed by atoms with Gasteiger partial charge in [-0.05, 0) is 36.1 Å². The monoisotopic (exact) mass is 500 g/mol. The lowest BCUT2D eigenvalue weighted by atomic mass is 9.82. The quantitative estimate of drug-likeness (QED) is 0.273. The van der Waals surface area contributed by atoms with Crippen molar-refractivity contribution in [3.63, 3.8) is 0 Å². The van der Waals surface area contributed by atoms with Crippen LogP contribution in [0, 0.1) is 6.92 Å². The van der Waals surface area contributed by atoms with E-state index in [2.05, 4.69) is 49.4 Å². The molecule has 0 radical (unpaired) electrons. The van der Waals surface area contributed by atoms with Gasteiger partial charge in [-0.1, -0.05) is 66.2 Å². The standard InChI is InChI=1S/C31H24N4O3/c1-18-7-6-9-21(15-18)29-33-30-27-26(20-12-14-24(36-2)25(16-20)37-3)23-13-11-19-8-4-5-10-22(19)28(23)38-31(27)32-17-35(30)34-29/h4-17,26H,1-3H3. The summed E-state index contributed by atoms with van der Waals surface area (Å²) in [6, 6.07) is 26.7. The number of benzene rings is 4. The van der Waals surface area contributed by atoms with Gasteiger partial charge < -0.3 is 14.2 Å². The predicted octanol–water partition coefficient (Wildman–Crippen LogP) is 6.56. The van der Waals surface area contributed by atoms with Crippen LogP contribution in [0.15, 0.2) is 85.2 Å². The molecule has 0 saturated heterocycles. The predicted molar refractivity (Wildman–Crippen MR) is 145 cm³/mol. The van der Waals surface area contributed by atoms with E-state index in [-0.39, 0.29) is 5.92 Å². The van der Waals surface area contributed by atoms with E-state index in [0.717, 1.165) is 44.3 Å². The molecule has 1 unspecified atom stereocenters. The molecule has 0 saturated carbocycles. The van der Waals surface area contributed by atoms with Gasteiger partial charge in [-0.25, -0.2) is 14.5 Å². The number of methoxy groups -OCH3 is 2. The first-order valence-corrected chi connectivity index (χ1v) is 12.4.